The van der Waals surface area contributed by atoms with Crippen molar-refractivity contribution in [3.63, 3.8) is 0 Å². The Hall–Kier alpha value is -2.97. The van der Waals surface area contributed by atoms with Gasteiger partial charge in [-0.1, -0.05) is 59.8 Å². The zero-order valence-corrected chi connectivity index (χ0v) is 19.8. The molecule has 1 amide bonds. The number of piperazine rings is 1. The average Bonchev–Trinajstić information content (AvgIpc) is 3.24. The molecule has 1 aliphatic rings. The zero-order valence-electron chi connectivity index (χ0n) is 18.3. The number of carbonyl (C=O) groups is 1. The fourth-order valence-corrected chi connectivity index (χ4v) is 4.68. The Morgan fingerprint density at radius 3 is 2.52 bits per heavy atom. The Balaban J connectivity index is 1.32. The standard InChI is InChI=1S/C24H26ClN5O2S/c1-2-12-30-22(17-32-21-11-7-6-10-20(21)25)26-27-24(30)33-18-23(31)29-15-13-28(14-16-29)19-8-4-3-5-9-19/h2-11H,1,12-18H2. The van der Waals surface area contributed by atoms with Gasteiger partial charge < -0.3 is 14.5 Å². The second-order valence-electron chi connectivity index (χ2n) is 7.51. The van der Waals surface area contributed by atoms with Gasteiger partial charge in [0.25, 0.3) is 0 Å². The lowest BCUT2D eigenvalue weighted by molar-refractivity contribution is -0.128. The molecule has 7 nitrogen and oxygen atoms in total. The van der Waals surface area contributed by atoms with Gasteiger partial charge in [-0.2, -0.15) is 0 Å². The fourth-order valence-electron chi connectivity index (χ4n) is 3.62. The maximum absolute atomic E-state index is 12.8. The van der Waals surface area contributed by atoms with Gasteiger partial charge >= 0.3 is 0 Å². The van der Waals surface area contributed by atoms with Gasteiger partial charge in [-0.25, -0.2) is 0 Å². The van der Waals surface area contributed by atoms with Crippen molar-refractivity contribution in [3.8, 4) is 5.75 Å². The zero-order chi connectivity index (χ0) is 23.0. The van der Waals surface area contributed by atoms with E-state index in [0.717, 1.165) is 13.1 Å². The minimum absolute atomic E-state index is 0.106. The second-order valence-corrected chi connectivity index (χ2v) is 8.86. The number of halogens is 1. The molecule has 3 aromatic rings. The fraction of sp³-hybridized carbons (Fsp3) is 0.292. The molecule has 1 aromatic heterocycles. The Morgan fingerprint density at radius 2 is 1.79 bits per heavy atom. The van der Waals surface area contributed by atoms with Gasteiger partial charge in [0.05, 0.1) is 10.8 Å². The highest BCUT2D eigenvalue weighted by Gasteiger charge is 2.22. The normalized spacial score (nSPS) is 13.7. The third-order valence-corrected chi connectivity index (χ3v) is 6.64. The van der Waals surface area contributed by atoms with Crippen molar-refractivity contribution in [1.29, 1.82) is 0 Å². The van der Waals surface area contributed by atoms with Crippen molar-refractivity contribution < 1.29 is 9.53 Å². The molecule has 0 aliphatic carbocycles. The van der Waals surface area contributed by atoms with Crippen LogP contribution < -0.4 is 9.64 Å². The maximum atomic E-state index is 12.8. The number of hydrogen-bond donors (Lipinski definition) is 0. The number of rotatable bonds is 9. The van der Waals surface area contributed by atoms with E-state index in [9.17, 15) is 4.79 Å². The summed E-state index contributed by atoms with van der Waals surface area (Å²) in [6, 6.07) is 17.6. The topological polar surface area (TPSA) is 63.5 Å². The summed E-state index contributed by atoms with van der Waals surface area (Å²) in [7, 11) is 0. The summed E-state index contributed by atoms with van der Waals surface area (Å²) >= 11 is 7.55. The number of aromatic nitrogens is 3. The third kappa shape index (κ3) is 5.89. The number of nitrogens with zero attached hydrogens (tertiary/aromatic N) is 5. The van der Waals surface area contributed by atoms with E-state index in [0.29, 0.717) is 47.1 Å². The lowest BCUT2D eigenvalue weighted by atomic mass is 10.2. The van der Waals surface area contributed by atoms with Crippen molar-refractivity contribution in [3.05, 3.63) is 78.1 Å². The number of allylic oxidation sites excluding steroid dienone is 1. The Labute approximate surface area is 203 Å². The van der Waals surface area contributed by atoms with Crippen LogP contribution in [-0.4, -0.2) is 57.5 Å². The van der Waals surface area contributed by atoms with Crippen LogP contribution in [0.15, 0.2) is 72.4 Å². The summed E-state index contributed by atoms with van der Waals surface area (Å²) in [5.41, 5.74) is 1.20. The quantitative estimate of drug-likeness (QED) is 0.337. The van der Waals surface area contributed by atoms with Crippen molar-refractivity contribution in [2.45, 2.75) is 18.3 Å². The van der Waals surface area contributed by atoms with Gasteiger partial charge in [0.15, 0.2) is 11.0 Å². The highest BCUT2D eigenvalue weighted by atomic mass is 35.5. The summed E-state index contributed by atoms with van der Waals surface area (Å²) in [6.07, 6.45) is 1.77. The van der Waals surface area contributed by atoms with Crippen LogP contribution in [0.2, 0.25) is 5.02 Å². The van der Waals surface area contributed by atoms with E-state index in [2.05, 4.69) is 33.8 Å². The molecule has 33 heavy (non-hydrogen) atoms. The van der Waals surface area contributed by atoms with Crippen LogP contribution in [0, 0.1) is 0 Å². The van der Waals surface area contributed by atoms with E-state index >= 15 is 0 Å². The summed E-state index contributed by atoms with van der Waals surface area (Å²) in [6.45, 7) is 7.66. The number of benzene rings is 2. The van der Waals surface area contributed by atoms with Crippen molar-refractivity contribution in [1.82, 2.24) is 19.7 Å². The van der Waals surface area contributed by atoms with Gasteiger partial charge in [-0.3, -0.25) is 9.36 Å². The van der Waals surface area contributed by atoms with Crippen molar-refractivity contribution >= 4 is 35.0 Å². The van der Waals surface area contributed by atoms with Gasteiger partial charge in [0, 0.05) is 38.4 Å². The van der Waals surface area contributed by atoms with Crippen LogP contribution in [0.25, 0.3) is 0 Å². The minimum Gasteiger partial charge on any atom is -0.484 e. The van der Waals surface area contributed by atoms with E-state index in [-0.39, 0.29) is 12.5 Å². The highest BCUT2D eigenvalue weighted by Crippen LogP contribution is 2.25. The molecule has 0 saturated carbocycles. The summed E-state index contributed by atoms with van der Waals surface area (Å²) in [5.74, 6) is 1.66. The van der Waals surface area contributed by atoms with Crippen molar-refractivity contribution in [2.75, 3.05) is 36.8 Å². The lowest BCUT2D eigenvalue weighted by Gasteiger charge is -2.36. The molecule has 0 bridgehead atoms. The molecule has 0 N–H and O–H groups in total. The van der Waals surface area contributed by atoms with Gasteiger partial charge in [-0.15, -0.1) is 16.8 Å². The number of hydrogen-bond acceptors (Lipinski definition) is 6. The monoisotopic (exact) mass is 483 g/mol. The number of para-hydroxylation sites is 2. The smallest absolute Gasteiger partial charge is 0.233 e. The predicted molar refractivity (Wildman–Crippen MR) is 132 cm³/mol. The number of amides is 1. The number of anilines is 1. The van der Waals surface area contributed by atoms with Gasteiger partial charge in [0.1, 0.15) is 12.4 Å². The molecule has 172 valence electrons. The van der Waals surface area contributed by atoms with Gasteiger partial charge in [0.2, 0.25) is 5.91 Å². The van der Waals surface area contributed by atoms with Crippen LogP contribution in [0.5, 0.6) is 5.75 Å². The second kappa shape index (κ2) is 11.2. The Bertz CT molecular complexity index is 1080. The highest BCUT2D eigenvalue weighted by molar-refractivity contribution is 7.99. The molecule has 1 fully saturated rings. The summed E-state index contributed by atoms with van der Waals surface area (Å²) in [4.78, 5) is 17.0. The Kier molecular flexibility index (Phi) is 7.91. The summed E-state index contributed by atoms with van der Waals surface area (Å²) < 4.78 is 7.72. The first-order valence-corrected chi connectivity index (χ1v) is 12.1. The van der Waals surface area contributed by atoms with Crippen LogP contribution in [-0.2, 0) is 17.9 Å². The summed E-state index contributed by atoms with van der Waals surface area (Å²) in [5, 5.41) is 9.74. The van der Waals surface area contributed by atoms with Crippen LogP contribution in [0.3, 0.4) is 0 Å². The number of ether oxygens (including phenoxy) is 1. The first kappa shape index (κ1) is 23.2. The molecular weight excluding hydrogens is 458 g/mol. The SMILES string of the molecule is C=CCn1c(COc2ccccc2Cl)nnc1SCC(=O)N1CCN(c2ccccc2)CC1. The average molecular weight is 484 g/mol. The van der Waals surface area contributed by atoms with E-state index in [4.69, 9.17) is 16.3 Å². The molecule has 0 atom stereocenters. The molecule has 1 aliphatic heterocycles. The van der Waals surface area contributed by atoms with Crippen LogP contribution in [0.4, 0.5) is 5.69 Å². The molecule has 9 heteroatoms. The van der Waals surface area contributed by atoms with E-state index < -0.39 is 0 Å². The molecule has 2 aromatic carbocycles. The lowest BCUT2D eigenvalue weighted by Crippen LogP contribution is -2.49. The number of thioether (sulfide) groups is 1. The largest absolute Gasteiger partial charge is 0.484 e. The van der Waals surface area contributed by atoms with E-state index in [1.165, 1.54) is 17.4 Å². The molecule has 1 saturated heterocycles. The van der Waals surface area contributed by atoms with E-state index in [1.807, 2.05) is 45.9 Å². The third-order valence-electron chi connectivity index (χ3n) is 5.38. The molecule has 0 radical (unpaired) electrons. The van der Waals surface area contributed by atoms with E-state index in [1.54, 1.807) is 12.1 Å². The molecule has 2 heterocycles. The van der Waals surface area contributed by atoms with Crippen LogP contribution in [0.1, 0.15) is 5.82 Å². The first-order chi connectivity index (χ1) is 16.2. The number of carbonyl (C=O) groups excluding carboxylic acids is 1. The minimum atomic E-state index is 0.106. The molecule has 0 unspecified atom stereocenters. The molecule has 4 rings (SSSR count). The Morgan fingerprint density at radius 1 is 1.06 bits per heavy atom. The molecular formula is C24H26ClN5O2S. The molecule has 0 spiro atoms. The first-order valence-electron chi connectivity index (χ1n) is 10.8. The van der Waals surface area contributed by atoms with Crippen LogP contribution >= 0.6 is 23.4 Å². The predicted octanol–water partition coefficient (Wildman–Crippen LogP) is 4.14. The maximum Gasteiger partial charge on any atom is 0.233 e. The van der Waals surface area contributed by atoms with Gasteiger partial charge in [-0.05, 0) is 24.3 Å². The van der Waals surface area contributed by atoms with Crippen molar-refractivity contribution in [2.24, 2.45) is 0 Å².